The zero-order valence-corrected chi connectivity index (χ0v) is 12.6. The molecular formula is C13H17Cl3N2. The second kappa shape index (κ2) is 6.33. The molecule has 1 N–H and O–H groups in total. The predicted molar refractivity (Wildman–Crippen MR) is 80.4 cm³/mol. The van der Waals surface area contributed by atoms with Gasteiger partial charge in [-0.05, 0) is 31.5 Å². The van der Waals surface area contributed by atoms with Gasteiger partial charge in [0.15, 0.2) is 0 Å². The van der Waals surface area contributed by atoms with Gasteiger partial charge < -0.3 is 10.2 Å². The number of hydrogen-bond donors (Lipinski definition) is 1. The SMILES string of the molecule is CCNC1CCN(c2cc(Cl)c(Cl)cc2Cl)CC1. The van der Waals surface area contributed by atoms with E-state index in [1.807, 2.05) is 6.07 Å². The molecule has 0 aliphatic carbocycles. The minimum atomic E-state index is 0.507. The van der Waals surface area contributed by atoms with Crippen molar-refractivity contribution in [1.82, 2.24) is 5.32 Å². The summed E-state index contributed by atoms with van der Waals surface area (Å²) in [5.74, 6) is 0. The molecule has 1 saturated heterocycles. The minimum Gasteiger partial charge on any atom is -0.370 e. The Hall–Kier alpha value is -0.150. The van der Waals surface area contributed by atoms with E-state index < -0.39 is 0 Å². The fraction of sp³-hybridized carbons (Fsp3) is 0.538. The fourth-order valence-electron chi connectivity index (χ4n) is 2.37. The highest BCUT2D eigenvalue weighted by Gasteiger charge is 2.20. The van der Waals surface area contributed by atoms with Crippen molar-refractivity contribution in [2.45, 2.75) is 25.8 Å². The van der Waals surface area contributed by atoms with Gasteiger partial charge in [0.25, 0.3) is 0 Å². The second-order valence-electron chi connectivity index (χ2n) is 4.54. The molecule has 1 aliphatic rings. The monoisotopic (exact) mass is 306 g/mol. The topological polar surface area (TPSA) is 15.3 Å². The molecule has 0 atom stereocenters. The molecule has 1 aromatic rings. The summed E-state index contributed by atoms with van der Waals surface area (Å²) in [7, 11) is 0. The summed E-state index contributed by atoms with van der Waals surface area (Å²) in [6, 6.07) is 4.20. The van der Waals surface area contributed by atoms with Crippen LogP contribution in [0.1, 0.15) is 19.8 Å². The lowest BCUT2D eigenvalue weighted by Crippen LogP contribution is -2.42. The molecule has 0 aromatic heterocycles. The Morgan fingerprint density at radius 2 is 1.72 bits per heavy atom. The number of rotatable bonds is 3. The van der Waals surface area contributed by atoms with Crippen LogP contribution in [0.3, 0.4) is 0 Å². The van der Waals surface area contributed by atoms with Crippen LogP contribution in [-0.4, -0.2) is 25.7 Å². The van der Waals surface area contributed by atoms with E-state index in [1.165, 1.54) is 0 Å². The van der Waals surface area contributed by atoms with E-state index in [2.05, 4.69) is 17.1 Å². The smallest absolute Gasteiger partial charge is 0.0655 e. The van der Waals surface area contributed by atoms with Crippen LogP contribution in [0.5, 0.6) is 0 Å². The number of benzene rings is 1. The Bertz CT molecular complexity index is 415. The van der Waals surface area contributed by atoms with Crippen LogP contribution in [-0.2, 0) is 0 Å². The first-order valence-electron chi connectivity index (χ1n) is 6.24. The maximum absolute atomic E-state index is 6.23. The van der Waals surface area contributed by atoms with Crippen LogP contribution in [0.25, 0.3) is 0 Å². The summed E-state index contributed by atoms with van der Waals surface area (Å²) in [4.78, 5) is 2.28. The molecule has 5 heteroatoms. The van der Waals surface area contributed by atoms with E-state index in [9.17, 15) is 0 Å². The third kappa shape index (κ3) is 3.24. The molecule has 2 nitrogen and oxygen atoms in total. The Balaban J connectivity index is 2.07. The molecule has 0 spiro atoms. The van der Waals surface area contributed by atoms with Crippen molar-refractivity contribution in [3.63, 3.8) is 0 Å². The summed E-state index contributed by atoms with van der Waals surface area (Å²) >= 11 is 18.2. The van der Waals surface area contributed by atoms with Crippen molar-refractivity contribution in [3.8, 4) is 0 Å². The Morgan fingerprint density at radius 1 is 1.11 bits per heavy atom. The molecule has 0 radical (unpaired) electrons. The standard InChI is InChI=1S/C13H17Cl3N2/c1-2-17-9-3-5-18(6-4-9)13-8-11(15)10(14)7-12(13)16/h7-9,17H,2-6H2,1H3. The maximum atomic E-state index is 6.23. The summed E-state index contributed by atoms with van der Waals surface area (Å²) in [6.07, 6.45) is 2.26. The molecule has 1 aromatic carbocycles. The summed E-state index contributed by atoms with van der Waals surface area (Å²) in [5.41, 5.74) is 0.987. The molecule has 1 aliphatic heterocycles. The third-order valence-corrected chi connectivity index (χ3v) is 4.34. The molecule has 100 valence electrons. The predicted octanol–water partition coefficient (Wildman–Crippen LogP) is 4.23. The van der Waals surface area contributed by atoms with Gasteiger partial charge in [-0.1, -0.05) is 41.7 Å². The highest BCUT2D eigenvalue weighted by atomic mass is 35.5. The van der Waals surface area contributed by atoms with Gasteiger partial charge >= 0.3 is 0 Å². The molecule has 0 bridgehead atoms. The summed E-state index contributed by atoms with van der Waals surface area (Å²) in [6.45, 7) is 5.16. The first kappa shape index (κ1) is 14.3. The zero-order chi connectivity index (χ0) is 13.1. The Morgan fingerprint density at radius 3 is 2.33 bits per heavy atom. The average molecular weight is 308 g/mol. The first-order chi connectivity index (χ1) is 8.61. The van der Waals surface area contributed by atoms with Crippen molar-refractivity contribution in [1.29, 1.82) is 0 Å². The number of hydrogen-bond acceptors (Lipinski definition) is 2. The number of anilines is 1. The molecule has 0 unspecified atom stereocenters. The van der Waals surface area contributed by atoms with Crippen molar-refractivity contribution < 1.29 is 0 Å². The first-order valence-corrected chi connectivity index (χ1v) is 7.38. The van der Waals surface area contributed by atoms with E-state index in [4.69, 9.17) is 34.8 Å². The quantitative estimate of drug-likeness (QED) is 0.841. The zero-order valence-electron chi connectivity index (χ0n) is 10.3. The Kier molecular flexibility index (Phi) is 5.02. The van der Waals surface area contributed by atoms with E-state index in [0.29, 0.717) is 21.1 Å². The summed E-state index contributed by atoms with van der Waals surface area (Å²) in [5, 5.41) is 5.22. The van der Waals surface area contributed by atoms with Crippen LogP contribution >= 0.6 is 34.8 Å². The van der Waals surface area contributed by atoms with Gasteiger partial charge in [-0.15, -0.1) is 0 Å². The molecular weight excluding hydrogens is 291 g/mol. The van der Waals surface area contributed by atoms with Crippen molar-refractivity contribution in [3.05, 3.63) is 27.2 Å². The lowest BCUT2D eigenvalue weighted by atomic mass is 10.0. The molecule has 18 heavy (non-hydrogen) atoms. The van der Waals surface area contributed by atoms with E-state index in [-0.39, 0.29) is 0 Å². The number of halogens is 3. The highest BCUT2D eigenvalue weighted by molar-refractivity contribution is 6.44. The van der Waals surface area contributed by atoms with Crippen LogP contribution in [0.2, 0.25) is 15.1 Å². The highest BCUT2D eigenvalue weighted by Crippen LogP contribution is 2.35. The molecule has 0 amide bonds. The molecule has 0 saturated carbocycles. The number of nitrogens with zero attached hydrogens (tertiary/aromatic N) is 1. The van der Waals surface area contributed by atoms with Gasteiger partial charge in [0.2, 0.25) is 0 Å². The van der Waals surface area contributed by atoms with E-state index in [0.717, 1.165) is 38.2 Å². The fourth-order valence-corrected chi connectivity index (χ4v) is 3.03. The van der Waals surface area contributed by atoms with Crippen LogP contribution in [0, 0.1) is 0 Å². The molecule has 1 fully saturated rings. The van der Waals surface area contributed by atoms with Crippen molar-refractivity contribution in [2.75, 3.05) is 24.5 Å². The largest absolute Gasteiger partial charge is 0.370 e. The van der Waals surface area contributed by atoms with E-state index in [1.54, 1.807) is 6.07 Å². The van der Waals surface area contributed by atoms with E-state index >= 15 is 0 Å². The maximum Gasteiger partial charge on any atom is 0.0655 e. The van der Waals surface area contributed by atoms with Gasteiger partial charge in [0, 0.05) is 19.1 Å². The number of nitrogens with one attached hydrogen (secondary N) is 1. The summed E-state index contributed by atoms with van der Waals surface area (Å²) < 4.78 is 0. The van der Waals surface area contributed by atoms with Crippen molar-refractivity contribution in [2.24, 2.45) is 0 Å². The second-order valence-corrected chi connectivity index (χ2v) is 5.76. The van der Waals surface area contributed by atoms with Crippen LogP contribution in [0.4, 0.5) is 5.69 Å². The number of piperidine rings is 1. The third-order valence-electron chi connectivity index (χ3n) is 3.32. The van der Waals surface area contributed by atoms with Crippen LogP contribution < -0.4 is 10.2 Å². The Labute approximate surface area is 123 Å². The van der Waals surface area contributed by atoms with Crippen LogP contribution in [0.15, 0.2) is 12.1 Å². The lowest BCUT2D eigenvalue weighted by Gasteiger charge is -2.34. The van der Waals surface area contributed by atoms with Gasteiger partial charge in [0.1, 0.15) is 0 Å². The molecule has 1 heterocycles. The lowest BCUT2D eigenvalue weighted by molar-refractivity contribution is 0.424. The van der Waals surface area contributed by atoms with Gasteiger partial charge in [-0.25, -0.2) is 0 Å². The van der Waals surface area contributed by atoms with Crippen molar-refractivity contribution >= 4 is 40.5 Å². The van der Waals surface area contributed by atoms with Gasteiger partial charge in [-0.2, -0.15) is 0 Å². The normalized spacial score (nSPS) is 17.2. The average Bonchev–Trinajstić information content (AvgIpc) is 2.35. The van der Waals surface area contributed by atoms with Gasteiger partial charge in [-0.3, -0.25) is 0 Å². The molecule has 2 rings (SSSR count). The minimum absolute atomic E-state index is 0.507. The van der Waals surface area contributed by atoms with Gasteiger partial charge in [0.05, 0.1) is 20.8 Å².